The normalized spacial score (nSPS) is 13.7. The first kappa shape index (κ1) is 16.0. The smallest absolute Gasteiger partial charge is 0.234 e. The van der Waals surface area contributed by atoms with Crippen LogP contribution in [0.25, 0.3) is 0 Å². The number of hydrogen-bond donors (Lipinski definition) is 2. The van der Waals surface area contributed by atoms with E-state index in [1.807, 2.05) is 55.6 Å². The van der Waals surface area contributed by atoms with Crippen LogP contribution in [-0.4, -0.2) is 12.5 Å². The molecule has 1 amide bonds. The van der Waals surface area contributed by atoms with Gasteiger partial charge in [0.15, 0.2) is 0 Å². The second kappa shape index (κ2) is 7.59. The molecule has 3 nitrogen and oxygen atoms in total. The molecule has 1 heterocycles. The predicted octanol–water partition coefficient (Wildman–Crippen LogP) is 3.93. The molecule has 0 radical (unpaired) electrons. The van der Waals surface area contributed by atoms with Gasteiger partial charge in [0.2, 0.25) is 5.91 Å². The van der Waals surface area contributed by atoms with Crippen LogP contribution in [0.15, 0.2) is 41.8 Å². The van der Waals surface area contributed by atoms with Crippen molar-refractivity contribution in [2.24, 2.45) is 0 Å². The Kier molecular flexibility index (Phi) is 5.79. The minimum absolute atomic E-state index is 0.00304. The zero-order chi connectivity index (χ0) is 15.2. The lowest BCUT2D eigenvalue weighted by Crippen LogP contribution is -2.36. The average molecular weight is 323 g/mol. The lowest BCUT2D eigenvalue weighted by molar-refractivity contribution is -0.121. The first-order valence-corrected chi connectivity index (χ1v) is 8.13. The largest absolute Gasteiger partial charge is 0.348 e. The fourth-order valence-electron chi connectivity index (χ4n) is 2.02. The summed E-state index contributed by atoms with van der Waals surface area (Å²) in [5.74, 6) is -0.00304. The molecule has 112 valence electrons. The Bertz CT molecular complexity index is 568. The molecule has 2 unspecified atom stereocenters. The number of amides is 1. The molecule has 0 fully saturated rings. The summed E-state index contributed by atoms with van der Waals surface area (Å²) in [5.41, 5.74) is 1.11. The highest BCUT2D eigenvalue weighted by Crippen LogP contribution is 2.18. The van der Waals surface area contributed by atoms with Crippen molar-refractivity contribution in [1.82, 2.24) is 10.6 Å². The third kappa shape index (κ3) is 4.84. The first-order chi connectivity index (χ1) is 10.1. The Labute approximate surface area is 134 Å². The van der Waals surface area contributed by atoms with E-state index in [1.165, 1.54) is 0 Å². The van der Waals surface area contributed by atoms with Gasteiger partial charge in [0.05, 0.1) is 12.6 Å². The van der Waals surface area contributed by atoms with E-state index in [0.717, 1.165) is 10.4 Å². The summed E-state index contributed by atoms with van der Waals surface area (Å²) in [6.07, 6.45) is 0. The summed E-state index contributed by atoms with van der Waals surface area (Å²) in [7, 11) is 0. The number of rotatable bonds is 6. The third-order valence-electron chi connectivity index (χ3n) is 3.29. The van der Waals surface area contributed by atoms with Crippen molar-refractivity contribution in [2.45, 2.75) is 25.9 Å². The Hall–Kier alpha value is -1.36. The molecule has 2 N–H and O–H groups in total. The molecule has 0 aliphatic rings. The van der Waals surface area contributed by atoms with Crippen LogP contribution in [0, 0.1) is 0 Å². The van der Waals surface area contributed by atoms with Crippen molar-refractivity contribution in [1.29, 1.82) is 0 Å². The van der Waals surface area contributed by atoms with Gasteiger partial charge in [-0.3, -0.25) is 4.79 Å². The molecule has 0 aliphatic carbocycles. The van der Waals surface area contributed by atoms with Gasteiger partial charge in [-0.2, -0.15) is 0 Å². The lowest BCUT2D eigenvalue weighted by atomic mass is 10.1. The highest BCUT2D eigenvalue weighted by Gasteiger charge is 2.11. The van der Waals surface area contributed by atoms with Gasteiger partial charge in [0.25, 0.3) is 0 Å². The van der Waals surface area contributed by atoms with Crippen LogP contribution in [0.2, 0.25) is 5.02 Å². The monoisotopic (exact) mass is 322 g/mol. The summed E-state index contributed by atoms with van der Waals surface area (Å²) >= 11 is 7.51. The third-order valence-corrected chi connectivity index (χ3v) is 4.59. The molecular weight excluding hydrogens is 304 g/mol. The molecule has 21 heavy (non-hydrogen) atoms. The standard InChI is InChI=1S/C16H19ClN2OS/c1-11(13-5-7-14(17)8-6-13)18-10-16(20)19-12(2)15-4-3-9-21-15/h3-9,11-12,18H,10H2,1-2H3,(H,19,20). The molecule has 0 aliphatic heterocycles. The number of nitrogens with one attached hydrogen (secondary N) is 2. The van der Waals surface area contributed by atoms with E-state index in [1.54, 1.807) is 11.3 Å². The number of halogens is 1. The van der Waals surface area contributed by atoms with E-state index >= 15 is 0 Å². The van der Waals surface area contributed by atoms with Crippen molar-refractivity contribution in [2.75, 3.05) is 6.54 Å². The Morgan fingerprint density at radius 1 is 1.19 bits per heavy atom. The van der Waals surface area contributed by atoms with E-state index in [4.69, 9.17) is 11.6 Å². The van der Waals surface area contributed by atoms with E-state index < -0.39 is 0 Å². The molecule has 2 atom stereocenters. The summed E-state index contributed by atoms with van der Waals surface area (Å²) in [6.45, 7) is 4.31. The van der Waals surface area contributed by atoms with Crippen molar-refractivity contribution >= 4 is 28.8 Å². The lowest BCUT2D eigenvalue weighted by Gasteiger charge is -2.16. The maximum Gasteiger partial charge on any atom is 0.234 e. The zero-order valence-electron chi connectivity index (χ0n) is 12.1. The molecule has 0 spiro atoms. The van der Waals surface area contributed by atoms with Crippen LogP contribution in [0.3, 0.4) is 0 Å². The van der Waals surface area contributed by atoms with Crippen molar-refractivity contribution in [3.63, 3.8) is 0 Å². The second-order valence-corrected chi connectivity index (χ2v) is 6.37. The van der Waals surface area contributed by atoms with Gasteiger partial charge < -0.3 is 10.6 Å². The predicted molar refractivity (Wildman–Crippen MR) is 88.7 cm³/mol. The van der Waals surface area contributed by atoms with Crippen LogP contribution >= 0.6 is 22.9 Å². The number of benzene rings is 1. The van der Waals surface area contributed by atoms with E-state index in [2.05, 4.69) is 10.6 Å². The van der Waals surface area contributed by atoms with Crippen LogP contribution in [0.4, 0.5) is 0 Å². The number of carbonyl (C=O) groups excluding carboxylic acids is 1. The molecule has 2 rings (SSSR count). The highest BCUT2D eigenvalue weighted by atomic mass is 35.5. The highest BCUT2D eigenvalue weighted by molar-refractivity contribution is 7.10. The van der Waals surface area contributed by atoms with Gasteiger partial charge in [-0.05, 0) is 43.0 Å². The number of carbonyl (C=O) groups is 1. The van der Waals surface area contributed by atoms with Crippen LogP contribution in [0.1, 0.15) is 36.4 Å². The fraction of sp³-hybridized carbons (Fsp3) is 0.312. The SMILES string of the molecule is CC(NCC(=O)NC(C)c1cccs1)c1ccc(Cl)cc1. The van der Waals surface area contributed by atoms with Gasteiger partial charge in [-0.1, -0.05) is 29.8 Å². The molecule has 1 aromatic heterocycles. The van der Waals surface area contributed by atoms with Gasteiger partial charge >= 0.3 is 0 Å². The van der Waals surface area contributed by atoms with E-state index in [0.29, 0.717) is 11.6 Å². The molecular formula is C16H19ClN2OS. The molecule has 5 heteroatoms. The second-order valence-electron chi connectivity index (χ2n) is 4.96. The van der Waals surface area contributed by atoms with Crippen molar-refractivity contribution < 1.29 is 4.79 Å². The first-order valence-electron chi connectivity index (χ1n) is 6.88. The molecule has 2 aromatic rings. The summed E-state index contributed by atoms with van der Waals surface area (Å²) in [6, 6.07) is 11.8. The number of thiophene rings is 1. The van der Waals surface area contributed by atoms with E-state index in [9.17, 15) is 4.79 Å². The maximum atomic E-state index is 11.9. The summed E-state index contributed by atoms with van der Waals surface area (Å²) < 4.78 is 0. The van der Waals surface area contributed by atoms with Gasteiger partial charge in [0.1, 0.15) is 0 Å². The zero-order valence-corrected chi connectivity index (χ0v) is 13.7. The molecule has 1 aromatic carbocycles. The fourth-order valence-corrected chi connectivity index (χ4v) is 2.88. The van der Waals surface area contributed by atoms with Crippen molar-refractivity contribution in [3.8, 4) is 0 Å². The van der Waals surface area contributed by atoms with Crippen molar-refractivity contribution in [3.05, 3.63) is 57.2 Å². The minimum Gasteiger partial charge on any atom is -0.348 e. The van der Waals surface area contributed by atoms with Gasteiger partial charge in [-0.25, -0.2) is 0 Å². The van der Waals surface area contributed by atoms with Crippen LogP contribution < -0.4 is 10.6 Å². The van der Waals surface area contributed by atoms with Gasteiger partial charge in [0, 0.05) is 15.9 Å². The minimum atomic E-state index is -0.00304. The van der Waals surface area contributed by atoms with Gasteiger partial charge in [-0.15, -0.1) is 11.3 Å². The Morgan fingerprint density at radius 3 is 2.52 bits per heavy atom. The summed E-state index contributed by atoms with van der Waals surface area (Å²) in [4.78, 5) is 13.1. The summed E-state index contributed by atoms with van der Waals surface area (Å²) in [5, 5.41) is 8.93. The molecule has 0 saturated heterocycles. The maximum absolute atomic E-state index is 11.9. The number of hydrogen-bond acceptors (Lipinski definition) is 3. The van der Waals surface area contributed by atoms with Crippen LogP contribution in [-0.2, 0) is 4.79 Å². The Balaban J connectivity index is 1.79. The molecule has 0 saturated carbocycles. The topological polar surface area (TPSA) is 41.1 Å². The quantitative estimate of drug-likeness (QED) is 0.846. The average Bonchev–Trinajstić information content (AvgIpc) is 3.00. The van der Waals surface area contributed by atoms with Crippen LogP contribution in [0.5, 0.6) is 0 Å². The Morgan fingerprint density at radius 2 is 1.90 bits per heavy atom. The molecule has 0 bridgehead atoms. The van der Waals surface area contributed by atoms with E-state index in [-0.39, 0.29) is 18.0 Å².